The molecule has 144 valence electrons. The van der Waals surface area contributed by atoms with Crippen molar-refractivity contribution in [1.29, 1.82) is 0 Å². The smallest absolute Gasteiger partial charge is 0.255 e. The van der Waals surface area contributed by atoms with Gasteiger partial charge in [0, 0.05) is 26.3 Å². The molecule has 0 aliphatic carbocycles. The maximum absolute atomic E-state index is 12.2. The molecule has 0 unspecified atom stereocenters. The summed E-state index contributed by atoms with van der Waals surface area (Å²) in [7, 11) is 3.33. The Kier molecular flexibility index (Phi) is 7.14. The van der Waals surface area contributed by atoms with E-state index in [1.54, 1.807) is 32.4 Å². The van der Waals surface area contributed by atoms with Gasteiger partial charge in [0.2, 0.25) is 5.91 Å². The zero-order valence-electron chi connectivity index (χ0n) is 14.8. The van der Waals surface area contributed by atoms with Gasteiger partial charge in [-0.1, -0.05) is 0 Å². The number of nitrogens with one attached hydrogen (secondary N) is 2. The third kappa shape index (κ3) is 5.29. The quantitative estimate of drug-likeness (QED) is 0.668. The molecule has 9 heteroatoms. The predicted octanol–water partition coefficient (Wildman–Crippen LogP) is 1.03. The fourth-order valence-corrected chi connectivity index (χ4v) is 2.59. The molecule has 26 heavy (non-hydrogen) atoms. The van der Waals surface area contributed by atoms with E-state index in [1.807, 2.05) is 4.90 Å². The van der Waals surface area contributed by atoms with E-state index in [0.29, 0.717) is 30.2 Å². The third-order valence-corrected chi connectivity index (χ3v) is 4.05. The molecule has 1 aromatic carbocycles. The molecule has 2 amide bonds. The maximum Gasteiger partial charge on any atom is 0.255 e. The van der Waals surface area contributed by atoms with Gasteiger partial charge in [0.25, 0.3) is 12.3 Å². The van der Waals surface area contributed by atoms with Gasteiger partial charge < -0.3 is 25.0 Å². The minimum absolute atomic E-state index is 0.0208. The summed E-state index contributed by atoms with van der Waals surface area (Å²) in [5.74, 6) is -0.108. The van der Waals surface area contributed by atoms with Crippen LogP contribution in [0.25, 0.3) is 0 Å². The van der Waals surface area contributed by atoms with Gasteiger partial charge in [-0.3, -0.25) is 9.59 Å². The van der Waals surface area contributed by atoms with Crippen LogP contribution in [-0.4, -0.2) is 64.7 Å². The lowest BCUT2D eigenvalue weighted by molar-refractivity contribution is -0.122. The number of alkyl halides is 2. The average molecular weight is 371 g/mol. The first-order chi connectivity index (χ1) is 12.4. The molecule has 0 aromatic heterocycles. The molecule has 1 heterocycles. The van der Waals surface area contributed by atoms with E-state index < -0.39 is 18.9 Å². The van der Waals surface area contributed by atoms with Crippen LogP contribution in [0.3, 0.4) is 0 Å². The average Bonchev–Trinajstić information content (AvgIpc) is 2.62. The van der Waals surface area contributed by atoms with E-state index in [9.17, 15) is 18.4 Å². The van der Waals surface area contributed by atoms with Gasteiger partial charge in [0.1, 0.15) is 12.4 Å². The normalized spacial score (nSPS) is 16.0. The number of amides is 2. The van der Waals surface area contributed by atoms with Gasteiger partial charge in [-0.05, 0) is 18.2 Å². The van der Waals surface area contributed by atoms with Crippen molar-refractivity contribution in [3.63, 3.8) is 0 Å². The summed E-state index contributed by atoms with van der Waals surface area (Å²) in [5.41, 5.74) is 1.13. The topological polar surface area (TPSA) is 79.9 Å². The van der Waals surface area contributed by atoms with Crippen LogP contribution in [0.1, 0.15) is 16.8 Å². The minimum Gasteiger partial charge on any atom is -0.489 e. The van der Waals surface area contributed by atoms with Gasteiger partial charge >= 0.3 is 0 Å². The molecule has 0 fully saturated rings. The monoisotopic (exact) mass is 371 g/mol. The zero-order valence-corrected chi connectivity index (χ0v) is 14.8. The number of hydrogen-bond donors (Lipinski definition) is 2. The van der Waals surface area contributed by atoms with Crippen LogP contribution in [0.5, 0.6) is 5.75 Å². The van der Waals surface area contributed by atoms with Crippen molar-refractivity contribution < 1.29 is 27.8 Å². The molecule has 0 bridgehead atoms. The lowest BCUT2D eigenvalue weighted by Gasteiger charge is -2.35. The summed E-state index contributed by atoms with van der Waals surface area (Å²) < 4.78 is 34.9. The number of ether oxygens (including phenoxy) is 2. The van der Waals surface area contributed by atoms with E-state index in [-0.39, 0.29) is 25.0 Å². The van der Waals surface area contributed by atoms with E-state index in [1.165, 1.54) is 0 Å². The summed E-state index contributed by atoms with van der Waals surface area (Å²) in [6.07, 6.45) is -2.56. The number of carbonyl (C=O) groups excluding carboxylic acids is 2. The fraction of sp³-hybridized carbons (Fsp3) is 0.529. The Labute approximate surface area is 150 Å². The fourth-order valence-electron chi connectivity index (χ4n) is 2.59. The summed E-state index contributed by atoms with van der Waals surface area (Å²) in [6, 6.07) is 4.72. The molecule has 1 aliphatic heterocycles. The van der Waals surface area contributed by atoms with Gasteiger partial charge in [-0.25, -0.2) is 8.78 Å². The number of anilines is 1. The first-order valence-corrected chi connectivity index (χ1v) is 8.24. The van der Waals surface area contributed by atoms with Crippen molar-refractivity contribution in [3.8, 4) is 5.75 Å². The number of nitrogens with zero attached hydrogens (tertiary/aromatic N) is 1. The molecular formula is C17H23F2N3O4. The molecule has 0 saturated heterocycles. The predicted molar refractivity (Wildman–Crippen MR) is 92.0 cm³/mol. The number of carbonyl (C=O) groups is 2. The van der Waals surface area contributed by atoms with Gasteiger partial charge in [-0.2, -0.15) is 0 Å². The molecule has 0 saturated carbocycles. The lowest BCUT2D eigenvalue weighted by Crippen LogP contribution is -2.44. The Morgan fingerprint density at radius 1 is 1.38 bits per heavy atom. The third-order valence-electron chi connectivity index (χ3n) is 4.05. The zero-order chi connectivity index (χ0) is 19.1. The van der Waals surface area contributed by atoms with Gasteiger partial charge in [-0.15, -0.1) is 0 Å². The van der Waals surface area contributed by atoms with Gasteiger partial charge in [0.05, 0.1) is 31.3 Å². The van der Waals surface area contributed by atoms with Crippen LogP contribution in [0.15, 0.2) is 18.2 Å². The first-order valence-electron chi connectivity index (χ1n) is 8.24. The van der Waals surface area contributed by atoms with Crippen LogP contribution < -0.4 is 20.3 Å². The first kappa shape index (κ1) is 19.9. The number of methoxy groups -OCH3 is 1. The number of halogens is 2. The van der Waals surface area contributed by atoms with Crippen molar-refractivity contribution in [1.82, 2.24) is 10.6 Å². The number of hydrogen-bond acceptors (Lipinski definition) is 5. The Hall–Kier alpha value is -2.42. The highest BCUT2D eigenvalue weighted by Crippen LogP contribution is 2.34. The number of fused-ring (bicyclic) bond motifs is 1. The summed E-state index contributed by atoms with van der Waals surface area (Å²) >= 11 is 0. The molecule has 0 radical (unpaired) electrons. The molecule has 1 aliphatic rings. The van der Waals surface area contributed by atoms with Crippen LogP contribution in [0.4, 0.5) is 14.5 Å². The number of benzene rings is 1. The lowest BCUT2D eigenvalue weighted by atomic mass is 10.1. The van der Waals surface area contributed by atoms with Crippen LogP contribution >= 0.6 is 0 Å². The van der Waals surface area contributed by atoms with Crippen molar-refractivity contribution in [3.05, 3.63) is 23.8 Å². The Balaban J connectivity index is 2.03. The highest BCUT2D eigenvalue weighted by Gasteiger charge is 2.27. The second-order valence-electron chi connectivity index (χ2n) is 5.91. The SMILES string of the molecule is COCCNC(=O)c1ccc2c(c1)N(C)[C@@H](CC(=O)NCC(F)F)CO2. The second kappa shape index (κ2) is 9.33. The highest BCUT2D eigenvalue weighted by atomic mass is 19.3. The van der Waals surface area contributed by atoms with Crippen molar-refractivity contribution in [2.24, 2.45) is 0 Å². The molecule has 2 N–H and O–H groups in total. The molecular weight excluding hydrogens is 348 g/mol. The van der Waals surface area contributed by atoms with E-state index in [0.717, 1.165) is 0 Å². The summed E-state index contributed by atoms with van der Waals surface area (Å²) in [5, 5.41) is 4.92. The largest absolute Gasteiger partial charge is 0.489 e. The summed E-state index contributed by atoms with van der Waals surface area (Å²) in [6.45, 7) is 0.394. The Bertz CT molecular complexity index is 642. The molecule has 2 rings (SSSR count). The minimum atomic E-state index is -2.58. The molecule has 1 aromatic rings. The second-order valence-corrected chi connectivity index (χ2v) is 5.91. The van der Waals surface area contributed by atoms with Crippen molar-refractivity contribution >= 4 is 17.5 Å². The Morgan fingerprint density at radius 3 is 2.85 bits per heavy atom. The maximum atomic E-state index is 12.2. The van der Waals surface area contributed by atoms with E-state index in [2.05, 4.69) is 10.6 Å². The van der Waals surface area contributed by atoms with E-state index >= 15 is 0 Å². The highest BCUT2D eigenvalue weighted by molar-refractivity contribution is 5.95. The van der Waals surface area contributed by atoms with Gasteiger partial charge in [0.15, 0.2) is 0 Å². The molecule has 1 atom stereocenters. The van der Waals surface area contributed by atoms with Crippen LogP contribution in [-0.2, 0) is 9.53 Å². The van der Waals surface area contributed by atoms with E-state index in [4.69, 9.17) is 9.47 Å². The molecule has 7 nitrogen and oxygen atoms in total. The molecule has 0 spiro atoms. The standard InChI is InChI=1S/C17H23F2N3O4/c1-22-12(8-16(23)21-9-15(18)19)10-26-14-4-3-11(7-13(14)22)17(24)20-5-6-25-2/h3-4,7,12,15H,5-6,8-10H2,1-2H3,(H,20,24)(H,21,23)/t12-/m0/s1. The number of rotatable bonds is 8. The van der Waals surface area contributed by atoms with Crippen molar-refractivity contribution in [2.75, 3.05) is 45.4 Å². The Morgan fingerprint density at radius 2 is 2.15 bits per heavy atom. The number of likely N-dealkylation sites (N-methyl/N-ethyl adjacent to an activating group) is 1. The van der Waals surface area contributed by atoms with Crippen LogP contribution in [0, 0.1) is 0 Å². The van der Waals surface area contributed by atoms with Crippen LogP contribution in [0.2, 0.25) is 0 Å². The van der Waals surface area contributed by atoms with Crippen molar-refractivity contribution in [2.45, 2.75) is 18.9 Å². The summed E-state index contributed by atoms with van der Waals surface area (Å²) in [4.78, 5) is 25.8.